The summed E-state index contributed by atoms with van der Waals surface area (Å²) in [5.74, 6) is 0.909. The molecule has 1 aromatic heterocycles. The fourth-order valence-electron chi connectivity index (χ4n) is 1.71. The van der Waals surface area contributed by atoms with Gasteiger partial charge < -0.3 is 4.74 Å². The molecule has 0 amide bonds. The van der Waals surface area contributed by atoms with Crippen molar-refractivity contribution in [3.8, 4) is 11.6 Å². The molecule has 0 unspecified atom stereocenters. The van der Waals surface area contributed by atoms with Gasteiger partial charge in [0.05, 0.1) is 4.47 Å². The van der Waals surface area contributed by atoms with Crippen molar-refractivity contribution >= 4 is 39.1 Å². The van der Waals surface area contributed by atoms with Crippen LogP contribution in [0.15, 0.2) is 28.7 Å². The summed E-state index contributed by atoms with van der Waals surface area (Å²) in [5, 5.41) is 8.18. The molecule has 0 N–H and O–H groups in total. The SMILES string of the molecule is CC(C)(C)c1cccc(Br)c1Oc1nnc(Cl)cc1Cl. The Labute approximate surface area is 136 Å². The number of para-hydroxylation sites is 1. The third-order valence-corrected chi connectivity index (χ3v) is 3.74. The lowest BCUT2D eigenvalue weighted by Crippen LogP contribution is -2.13. The monoisotopic (exact) mass is 374 g/mol. The van der Waals surface area contributed by atoms with Crippen molar-refractivity contribution in [2.45, 2.75) is 26.2 Å². The average Bonchev–Trinajstić information content (AvgIpc) is 2.33. The molecule has 0 saturated heterocycles. The van der Waals surface area contributed by atoms with Gasteiger partial charge in [0.15, 0.2) is 5.15 Å². The highest BCUT2D eigenvalue weighted by Gasteiger charge is 2.22. The molecule has 2 aromatic rings. The lowest BCUT2D eigenvalue weighted by Gasteiger charge is -2.23. The van der Waals surface area contributed by atoms with Gasteiger partial charge in [0.25, 0.3) is 5.88 Å². The molecule has 3 nitrogen and oxygen atoms in total. The van der Waals surface area contributed by atoms with Crippen LogP contribution in [0.2, 0.25) is 10.2 Å². The Morgan fingerprint density at radius 2 is 1.85 bits per heavy atom. The lowest BCUT2D eigenvalue weighted by atomic mass is 9.86. The molecule has 0 aliphatic heterocycles. The van der Waals surface area contributed by atoms with E-state index >= 15 is 0 Å². The second-order valence-electron chi connectivity index (χ2n) is 5.29. The van der Waals surface area contributed by atoms with Crippen molar-refractivity contribution < 1.29 is 4.74 Å². The summed E-state index contributed by atoms with van der Waals surface area (Å²) >= 11 is 15.3. The minimum atomic E-state index is -0.0779. The van der Waals surface area contributed by atoms with E-state index in [9.17, 15) is 0 Å². The first-order valence-corrected chi connectivity index (χ1v) is 7.49. The Bertz CT molecular complexity index is 642. The summed E-state index contributed by atoms with van der Waals surface area (Å²) < 4.78 is 6.67. The van der Waals surface area contributed by atoms with Crippen molar-refractivity contribution in [2.24, 2.45) is 0 Å². The van der Waals surface area contributed by atoms with E-state index in [1.54, 1.807) is 0 Å². The largest absolute Gasteiger partial charge is 0.435 e. The predicted octanol–water partition coefficient (Wildman–Crippen LogP) is 5.64. The highest BCUT2D eigenvalue weighted by molar-refractivity contribution is 9.10. The summed E-state index contributed by atoms with van der Waals surface area (Å²) in [6, 6.07) is 7.38. The molecule has 0 fully saturated rings. The molecule has 0 aliphatic rings. The van der Waals surface area contributed by atoms with Gasteiger partial charge in [0.1, 0.15) is 10.8 Å². The molecule has 0 spiro atoms. The number of nitrogens with zero attached hydrogens (tertiary/aromatic N) is 2. The minimum absolute atomic E-state index is 0.0779. The van der Waals surface area contributed by atoms with E-state index < -0.39 is 0 Å². The topological polar surface area (TPSA) is 35.0 Å². The fourth-order valence-corrected chi connectivity index (χ4v) is 2.53. The second kappa shape index (κ2) is 5.88. The van der Waals surface area contributed by atoms with Crippen LogP contribution in [-0.2, 0) is 5.41 Å². The summed E-state index contributed by atoms with van der Waals surface area (Å²) in [6.07, 6.45) is 0. The second-order valence-corrected chi connectivity index (χ2v) is 6.94. The van der Waals surface area contributed by atoms with Gasteiger partial charge in [-0.05, 0) is 27.4 Å². The summed E-state index contributed by atoms with van der Waals surface area (Å²) in [5.41, 5.74) is 0.963. The number of halogens is 3. The maximum Gasteiger partial charge on any atom is 0.258 e. The van der Waals surface area contributed by atoms with Gasteiger partial charge >= 0.3 is 0 Å². The predicted molar refractivity (Wildman–Crippen MR) is 85.0 cm³/mol. The summed E-state index contributed by atoms with van der Waals surface area (Å²) in [6.45, 7) is 6.32. The Morgan fingerprint density at radius 1 is 1.15 bits per heavy atom. The third-order valence-electron chi connectivity index (χ3n) is 2.66. The molecule has 0 bridgehead atoms. The number of hydrogen-bond acceptors (Lipinski definition) is 3. The van der Waals surface area contributed by atoms with Crippen LogP contribution in [0.3, 0.4) is 0 Å². The molecule has 0 radical (unpaired) electrons. The van der Waals surface area contributed by atoms with Crippen molar-refractivity contribution in [1.29, 1.82) is 0 Å². The van der Waals surface area contributed by atoms with E-state index in [0.717, 1.165) is 10.0 Å². The normalized spacial score (nSPS) is 11.5. The molecular weight excluding hydrogens is 363 g/mol. The van der Waals surface area contributed by atoms with Crippen LogP contribution in [0, 0.1) is 0 Å². The van der Waals surface area contributed by atoms with Gasteiger partial charge in [-0.15, -0.1) is 10.2 Å². The molecule has 0 aliphatic carbocycles. The first-order chi connectivity index (χ1) is 9.29. The Morgan fingerprint density at radius 3 is 2.45 bits per heavy atom. The Kier molecular flexibility index (Phi) is 4.57. The molecule has 106 valence electrons. The molecular formula is C14H13BrCl2N2O. The molecule has 0 saturated carbocycles. The standard InChI is InChI=1S/C14H13BrCl2N2O/c1-14(2,3)8-5-4-6-9(15)12(8)20-13-10(16)7-11(17)18-19-13/h4-7H,1-3H3. The maximum atomic E-state index is 6.07. The quantitative estimate of drug-likeness (QED) is 0.681. The van der Waals surface area contributed by atoms with E-state index in [0.29, 0.717) is 10.8 Å². The average molecular weight is 376 g/mol. The third kappa shape index (κ3) is 3.43. The van der Waals surface area contributed by atoms with Crippen LogP contribution in [0.1, 0.15) is 26.3 Å². The van der Waals surface area contributed by atoms with Gasteiger partial charge in [0.2, 0.25) is 0 Å². The molecule has 20 heavy (non-hydrogen) atoms. The highest BCUT2D eigenvalue weighted by atomic mass is 79.9. The van der Waals surface area contributed by atoms with Gasteiger partial charge in [-0.1, -0.05) is 56.1 Å². The van der Waals surface area contributed by atoms with Crippen LogP contribution in [0.25, 0.3) is 0 Å². The zero-order chi connectivity index (χ0) is 14.9. The number of rotatable bonds is 2. The molecule has 1 aromatic carbocycles. The fraction of sp³-hybridized carbons (Fsp3) is 0.286. The van der Waals surface area contributed by atoms with Gasteiger partial charge in [0, 0.05) is 11.6 Å². The van der Waals surface area contributed by atoms with E-state index in [1.165, 1.54) is 6.07 Å². The van der Waals surface area contributed by atoms with E-state index in [4.69, 9.17) is 27.9 Å². The van der Waals surface area contributed by atoms with Crippen LogP contribution >= 0.6 is 39.1 Å². The maximum absolute atomic E-state index is 6.07. The molecule has 2 rings (SSSR count). The zero-order valence-electron chi connectivity index (χ0n) is 11.2. The first-order valence-electron chi connectivity index (χ1n) is 5.94. The summed E-state index contributed by atoms with van der Waals surface area (Å²) in [7, 11) is 0. The van der Waals surface area contributed by atoms with E-state index in [1.807, 2.05) is 18.2 Å². The Balaban J connectivity index is 2.48. The van der Waals surface area contributed by atoms with Crippen LogP contribution in [0.5, 0.6) is 11.6 Å². The van der Waals surface area contributed by atoms with E-state index in [-0.39, 0.29) is 16.4 Å². The lowest BCUT2D eigenvalue weighted by molar-refractivity contribution is 0.431. The summed E-state index contributed by atoms with van der Waals surface area (Å²) in [4.78, 5) is 0. The molecule has 0 atom stereocenters. The van der Waals surface area contributed by atoms with Crippen LogP contribution in [0.4, 0.5) is 0 Å². The first kappa shape index (κ1) is 15.5. The van der Waals surface area contributed by atoms with Crippen LogP contribution < -0.4 is 4.74 Å². The van der Waals surface area contributed by atoms with Crippen LogP contribution in [-0.4, -0.2) is 10.2 Å². The van der Waals surface area contributed by atoms with E-state index in [2.05, 4.69) is 46.9 Å². The van der Waals surface area contributed by atoms with Crippen molar-refractivity contribution in [2.75, 3.05) is 0 Å². The minimum Gasteiger partial charge on any atom is -0.435 e. The molecule has 6 heteroatoms. The number of ether oxygens (including phenoxy) is 1. The number of hydrogen-bond donors (Lipinski definition) is 0. The van der Waals surface area contributed by atoms with Gasteiger partial charge in [-0.25, -0.2) is 0 Å². The Hall–Kier alpha value is -0.840. The highest BCUT2D eigenvalue weighted by Crippen LogP contribution is 2.40. The zero-order valence-corrected chi connectivity index (χ0v) is 14.3. The number of aromatic nitrogens is 2. The number of benzene rings is 1. The smallest absolute Gasteiger partial charge is 0.258 e. The van der Waals surface area contributed by atoms with Gasteiger partial charge in [-0.3, -0.25) is 0 Å². The van der Waals surface area contributed by atoms with Crippen molar-refractivity contribution in [3.63, 3.8) is 0 Å². The van der Waals surface area contributed by atoms with Gasteiger partial charge in [-0.2, -0.15) is 0 Å². The molecule has 1 heterocycles. The van der Waals surface area contributed by atoms with Crippen molar-refractivity contribution in [1.82, 2.24) is 10.2 Å². The van der Waals surface area contributed by atoms with Crippen molar-refractivity contribution in [3.05, 3.63) is 44.5 Å².